The Hall–Kier alpha value is -1.37. The summed E-state index contributed by atoms with van der Waals surface area (Å²) in [5, 5.41) is 2.98. The first-order valence-corrected chi connectivity index (χ1v) is 6.45. The van der Waals surface area contributed by atoms with Gasteiger partial charge in [-0.1, -0.05) is 0 Å². The van der Waals surface area contributed by atoms with Gasteiger partial charge in [0, 0.05) is 28.9 Å². The van der Waals surface area contributed by atoms with Gasteiger partial charge in [-0.15, -0.1) is 0 Å². The molecule has 0 bridgehead atoms. The number of nitrogens with zero attached hydrogens (tertiary/aromatic N) is 1. The van der Waals surface area contributed by atoms with E-state index in [1.807, 2.05) is 6.92 Å². The van der Waals surface area contributed by atoms with Gasteiger partial charge in [0.2, 0.25) is 5.75 Å². The van der Waals surface area contributed by atoms with Crippen molar-refractivity contribution in [2.45, 2.75) is 13.0 Å². The van der Waals surface area contributed by atoms with E-state index in [4.69, 9.17) is 4.74 Å². The molecule has 0 aliphatic rings. The number of H-pyrrole nitrogens is 1. The van der Waals surface area contributed by atoms with Crippen LogP contribution in [0.25, 0.3) is 0 Å². The minimum absolute atomic E-state index is 0.0472. The van der Waals surface area contributed by atoms with Crippen molar-refractivity contribution in [1.82, 2.24) is 9.97 Å². The molecule has 0 fully saturated rings. The Morgan fingerprint density at radius 2 is 2.38 bits per heavy atom. The fourth-order valence-corrected chi connectivity index (χ4v) is 2.09. The largest absolute Gasteiger partial charge is 0.489 e. The van der Waals surface area contributed by atoms with E-state index < -0.39 is 10.8 Å². The van der Waals surface area contributed by atoms with Crippen LogP contribution in [0.5, 0.6) is 5.75 Å². The number of hydrogen-bond donors (Lipinski definition) is 2. The van der Waals surface area contributed by atoms with E-state index in [0.717, 1.165) is 0 Å². The lowest BCUT2D eigenvalue weighted by Gasteiger charge is -2.14. The second-order valence-corrected chi connectivity index (χ2v) is 4.88. The topological polar surface area (TPSA) is 84.1 Å². The molecule has 0 aromatic carbocycles. The molecule has 2 unspecified atom stereocenters. The molecule has 0 radical (unpaired) electrons. The van der Waals surface area contributed by atoms with Crippen LogP contribution in [-0.2, 0) is 10.8 Å². The summed E-state index contributed by atoms with van der Waals surface area (Å²) in [4.78, 5) is 17.7. The molecule has 1 aromatic heterocycles. The number of rotatable bonds is 5. The molecule has 0 amide bonds. The summed E-state index contributed by atoms with van der Waals surface area (Å²) in [6.45, 7) is 1.86. The van der Waals surface area contributed by atoms with Gasteiger partial charge in [-0.05, 0) is 6.92 Å². The van der Waals surface area contributed by atoms with Crippen LogP contribution in [0.2, 0.25) is 0 Å². The van der Waals surface area contributed by atoms with Gasteiger partial charge >= 0.3 is 0 Å². The first-order chi connectivity index (χ1) is 7.54. The molecule has 1 heterocycles. The average molecular weight is 245 g/mol. The fourth-order valence-electron chi connectivity index (χ4n) is 1.31. The SMILES string of the molecule is COc1c(NC(C)CS(C)=O)nc[nH]c1=O. The van der Waals surface area contributed by atoms with Gasteiger partial charge in [0.25, 0.3) is 5.56 Å². The fraction of sp³-hybridized carbons (Fsp3) is 0.556. The van der Waals surface area contributed by atoms with E-state index in [1.165, 1.54) is 13.4 Å². The zero-order chi connectivity index (χ0) is 12.1. The number of anilines is 1. The van der Waals surface area contributed by atoms with Gasteiger partial charge in [0.15, 0.2) is 5.82 Å². The van der Waals surface area contributed by atoms with Gasteiger partial charge in [0.05, 0.1) is 13.4 Å². The van der Waals surface area contributed by atoms with Crippen LogP contribution in [0.3, 0.4) is 0 Å². The highest BCUT2D eigenvalue weighted by atomic mass is 32.2. The predicted molar refractivity (Wildman–Crippen MR) is 63.4 cm³/mol. The van der Waals surface area contributed by atoms with Gasteiger partial charge < -0.3 is 15.0 Å². The van der Waals surface area contributed by atoms with E-state index in [1.54, 1.807) is 6.26 Å². The van der Waals surface area contributed by atoms with Gasteiger partial charge in [-0.2, -0.15) is 0 Å². The summed E-state index contributed by atoms with van der Waals surface area (Å²) in [5.74, 6) is 0.984. The zero-order valence-electron chi connectivity index (χ0n) is 9.44. The van der Waals surface area contributed by atoms with E-state index in [0.29, 0.717) is 11.6 Å². The van der Waals surface area contributed by atoms with Crippen LogP contribution >= 0.6 is 0 Å². The number of nitrogens with one attached hydrogen (secondary N) is 2. The lowest BCUT2D eigenvalue weighted by Crippen LogP contribution is -2.25. The van der Waals surface area contributed by atoms with Crippen LogP contribution in [0.15, 0.2) is 11.1 Å². The molecule has 2 N–H and O–H groups in total. The van der Waals surface area contributed by atoms with Crippen molar-refractivity contribution < 1.29 is 8.95 Å². The normalized spacial score (nSPS) is 14.2. The van der Waals surface area contributed by atoms with Crippen LogP contribution in [-0.4, -0.2) is 39.3 Å². The van der Waals surface area contributed by atoms with Crippen LogP contribution in [0.4, 0.5) is 5.82 Å². The minimum Gasteiger partial charge on any atom is -0.489 e. The molecule has 0 saturated heterocycles. The maximum atomic E-state index is 11.4. The molecule has 1 aromatic rings. The summed E-state index contributed by atoms with van der Waals surface area (Å²) < 4.78 is 16.0. The molecule has 16 heavy (non-hydrogen) atoms. The first kappa shape index (κ1) is 12.7. The quantitative estimate of drug-likeness (QED) is 0.760. The second-order valence-electron chi connectivity index (χ2n) is 3.40. The number of methoxy groups -OCH3 is 1. The number of aromatic nitrogens is 2. The third-order valence-corrected chi connectivity index (χ3v) is 2.85. The molecular formula is C9H15N3O3S. The maximum absolute atomic E-state index is 11.4. The minimum atomic E-state index is -0.900. The Balaban J connectivity index is 2.84. The van der Waals surface area contributed by atoms with E-state index in [9.17, 15) is 9.00 Å². The summed E-state index contributed by atoms with van der Waals surface area (Å²) >= 11 is 0. The summed E-state index contributed by atoms with van der Waals surface area (Å²) in [6, 6.07) is -0.0472. The lowest BCUT2D eigenvalue weighted by atomic mass is 10.4. The molecular weight excluding hydrogens is 230 g/mol. The average Bonchev–Trinajstić information content (AvgIpc) is 2.16. The van der Waals surface area contributed by atoms with Gasteiger partial charge in [-0.3, -0.25) is 9.00 Å². The standard InChI is InChI=1S/C9H15N3O3S/c1-6(4-16(3)14)12-8-7(15-2)9(13)11-5-10-8/h5-6H,4H2,1-3H3,(H2,10,11,12,13). The highest BCUT2D eigenvalue weighted by molar-refractivity contribution is 7.84. The molecule has 0 saturated carbocycles. The van der Waals surface area contributed by atoms with Crippen molar-refractivity contribution in [2.24, 2.45) is 0 Å². The smallest absolute Gasteiger partial charge is 0.295 e. The zero-order valence-corrected chi connectivity index (χ0v) is 10.3. The Kier molecular flexibility index (Phi) is 4.48. The molecule has 2 atom stereocenters. The summed E-state index contributed by atoms with van der Waals surface area (Å²) in [6.07, 6.45) is 2.92. The third kappa shape index (κ3) is 3.34. The molecule has 0 aliphatic heterocycles. The molecule has 6 nitrogen and oxygen atoms in total. The summed E-state index contributed by atoms with van der Waals surface area (Å²) in [7, 11) is 0.503. The van der Waals surface area contributed by atoms with Crippen LogP contribution in [0, 0.1) is 0 Å². The lowest BCUT2D eigenvalue weighted by molar-refractivity contribution is 0.407. The third-order valence-electron chi connectivity index (χ3n) is 1.88. The molecule has 0 aliphatic carbocycles. The Morgan fingerprint density at radius 3 is 2.94 bits per heavy atom. The Morgan fingerprint density at radius 1 is 1.69 bits per heavy atom. The van der Waals surface area contributed by atoms with Gasteiger partial charge in [0.1, 0.15) is 0 Å². The van der Waals surface area contributed by atoms with Crippen molar-refractivity contribution in [3.63, 3.8) is 0 Å². The Bertz CT molecular complexity index is 432. The number of ether oxygens (including phenoxy) is 1. The van der Waals surface area contributed by atoms with Crippen molar-refractivity contribution in [2.75, 3.05) is 24.4 Å². The predicted octanol–water partition coefficient (Wildman–Crippen LogP) is -0.0426. The summed E-state index contributed by atoms with van der Waals surface area (Å²) in [5.41, 5.74) is -0.343. The molecule has 90 valence electrons. The van der Waals surface area contributed by atoms with Crippen molar-refractivity contribution in [1.29, 1.82) is 0 Å². The Labute approximate surface area is 95.9 Å². The van der Waals surface area contributed by atoms with E-state index in [-0.39, 0.29) is 17.4 Å². The van der Waals surface area contributed by atoms with Crippen LogP contribution in [0.1, 0.15) is 6.92 Å². The number of hydrogen-bond acceptors (Lipinski definition) is 5. The van der Waals surface area contributed by atoms with Gasteiger partial charge in [-0.25, -0.2) is 4.98 Å². The number of aromatic amines is 1. The van der Waals surface area contributed by atoms with Crippen LogP contribution < -0.4 is 15.6 Å². The highest BCUT2D eigenvalue weighted by Crippen LogP contribution is 2.15. The highest BCUT2D eigenvalue weighted by Gasteiger charge is 2.12. The monoisotopic (exact) mass is 245 g/mol. The van der Waals surface area contributed by atoms with Crippen molar-refractivity contribution >= 4 is 16.6 Å². The first-order valence-electron chi connectivity index (χ1n) is 4.72. The second kappa shape index (κ2) is 5.64. The molecule has 7 heteroatoms. The maximum Gasteiger partial charge on any atom is 0.295 e. The van der Waals surface area contributed by atoms with E-state index >= 15 is 0 Å². The van der Waals surface area contributed by atoms with Crippen molar-refractivity contribution in [3.05, 3.63) is 16.7 Å². The molecule has 1 rings (SSSR count). The molecule has 0 spiro atoms. The van der Waals surface area contributed by atoms with Crippen molar-refractivity contribution in [3.8, 4) is 5.75 Å². The van der Waals surface area contributed by atoms with E-state index in [2.05, 4.69) is 15.3 Å².